The Bertz CT molecular complexity index is 727. The van der Waals surface area contributed by atoms with Gasteiger partial charge in [0.05, 0.1) is 6.61 Å². The molecule has 1 aliphatic heterocycles. The summed E-state index contributed by atoms with van der Waals surface area (Å²) in [4.78, 5) is 25.8. The maximum atomic E-state index is 12.5. The molecule has 1 aromatic heterocycles. The predicted molar refractivity (Wildman–Crippen MR) is 102 cm³/mol. The number of hydrogen-bond donors (Lipinski definition) is 1. The van der Waals surface area contributed by atoms with E-state index in [0.717, 1.165) is 38.5 Å². The van der Waals surface area contributed by atoms with E-state index in [-0.39, 0.29) is 5.91 Å². The van der Waals surface area contributed by atoms with E-state index in [9.17, 15) is 4.79 Å². The average molecular weight is 355 g/mol. The number of ether oxygens (including phenoxy) is 1. The molecule has 1 aromatic carbocycles. The first-order valence-corrected chi connectivity index (χ1v) is 9.04. The minimum absolute atomic E-state index is 0.245. The van der Waals surface area contributed by atoms with E-state index in [0.29, 0.717) is 23.9 Å². The second-order valence-corrected chi connectivity index (χ2v) is 6.07. The number of piperazine rings is 1. The molecule has 1 saturated heterocycles. The summed E-state index contributed by atoms with van der Waals surface area (Å²) in [7, 11) is 0. The first-order valence-electron chi connectivity index (χ1n) is 9.04. The van der Waals surface area contributed by atoms with Crippen LogP contribution in [0.3, 0.4) is 0 Å². The fourth-order valence-electron chi connectivity index (χ4n) is 2.89. The third-order valence-corrected chi connectivity index (χ3v) is 4.40. The van der Waals surface area contributed by atoms with Gasteiger partial charge in [-0.05, 0) is 43.8 Å². The zero-order chi connectivity index (χ0) is 18.4. The van der Waals surface area contributed by atoms with Gasteiger partial charge in [0, 0.05) is 38.1 Å². The Balaban J connectivity index is 1.64. The summed E-state index contributed by atoms with van der Waals surface area (Å²) in [5.41, 5.74) is 1.07. The standard InChI is InChI=1S/C19H25N5O2/c1-3-23-11-13-24(14-12-23)19-20-10-9-17(22-19)18(25)21-15-5-7-16(8-6-15)26-4-2/h5-10H,3-4,11-14H2,1-2H3,(H,21,25). The van der Waals surface area contributed by atoms with Crippen LogP contribution in [0.2, 0.25) is 0 Å². The Morgan fingerprint density at radius 2 is 1.85 bits per heavy atom. The van der Waals surface area contributed by atoms with Crippen LogP contribution >= 0.6 is 0 Å². The molecule has 1 fully saturated rings. The molecule has 1 aliphatic rings. The van der Waals surface area contributed by atoms with Gasteiger partial charge in [-0.3, -0.25) is 4.79 Å². The number of anilines is 2. The number of carbonyl (C=O) groups excluding carboxylic acids is 1. The average Bonchev–Trinajstić information content (AvgIpc) is 2.70. The number of carbonyl (C=O) groups is 1. The van der Waals surface area contributed by atoms with Crippen LogP contribution < -0.4 is 15.0 Å². The first-order chi connectivity index (χ1) is 12.7. The van der Waals surface area contributed by atoms with Crippen molar-refractivity contribution in [3.63, 3.8) is 0 Å². The molecule has 0 unspecified atom stereocenters. The van der Waals surface area contributed by atoms with E-state index in [1.54, 1.807) is 12.3 Å². The second-order valence-electron chi connectivity index (χ2n) is 6.07. The highest BCUT2D eigenvalue weighted by atomic mass is 16.5. The summed E-state index contributed by atoms with van der Waals surface area (Å²) >= 11 is 0. The zero-order valence-electron chi connectivity index (χ0n) is 15.3. The van der Waals surface area contributed by atoms with Crippen molar-refractivity contribution in [1.29, 1.82) is 0 Å². The number of amides is 1. The van der Waals surface area contributed by atoms with Crippen molar-refractivity contribution in [2.75, 3.05) is 49.5 Å². The summed E-state index contributed by atoms with van der Waals surface area (Å²) in [5.74, 6) is 1.14. The number of rotatable bonds is 6. The smallest absolute Gasteiger partial charge is 0.274 e. The van der Waals surface area contributed by atoms with E-state index in [2.05, 4.69) is 32.0 Å². The van der Waals surface area contributed by atoms with E-state index in [1.807, 2.05) is 31.2 Å². The van der Waals surface area contributed by atoms with Crippen molar-refractivity contribution < 1.29 is 9.53 Å². The highest BCUT2D eigenvalue weighted by molar-refractivity contribution is 6.03. The van der Waals surface area contributed by atoms with Crippen LogP contribution in [0.5, 0.6) is 5.75 Å². The number of likely N-dealkylation sites (N-methyl/N-ethyl adjacent to an activating group) is 1. The van der Waals surface area contributed by atoms with E-state index in [1.165, 1.54) is 0 Å². The molecule has 2 aromatic rings. The van der Waals surface area contributed by atoms with Gasteiger partial charge >= 0.3 is 0 Å². The Morgan fingerprint density at radius 1 is 1.12 bits per heavy atom. The third-order valence-electron chi connectivity index (χ3n) is 4.40. The van der Waals surface area contributed by atoms with Crippen LogP contribution in [0.25, 0.3) is 0 Å². The third kappa shape index (κ3) is 4.49. The maximum absolute atomic E-state index is 12.5. The van der Waals surface area contributed by atoms with Crippen molar-refractivity contribution in [2.45, 2.75) is 13.8 Å². The molecule has 1 N–H and O–H groups in total. The van der Waals surface area contributed by atoms with Crippen LogP contribution in [0, 0.1) is 0 Å². The maximum Gasteiger partial charge on any atom is 0.274 e. The Hall–Kier alpha value is -2.67. The lowest BCUT2D eigenvalue weighted by Crippen LogP contribution is -2.46. The van der Waals surface area contributed by atoms with Gasteiger partial charge in [0.1, 0.15) is 11.4 Å². The number of nitrogens with zero attached hydrogens (tertiary/aromatic N) is 4. The van der Waals surface area contributed by atoms with Crippen LogP contribution in [0.4, 0.5) is 11.6 Å². The molecule has 0 bridgehead atoms. The lowest BCUT2D eigenvalue weighted by Gasteiger charge is -2.34. The van der Waals surface area contributed by atoms with Gasteiger partial charge in [-0.2, -0.15) is 0 Å². The van der Waals surface area contributed by atoms with Crippen LogP contribution in [0.15, 0.2) is 36.5 Å². The molecule has 3 rings (SSSR count). The predicted octanol–water partition coefficient (Wildman–Crippen LogP) is 2.27. The molecule has 7 nitrogen and oxygen atoms in total. The quantitative estimate of drug-likeness (QED) is 0.857. The molecule has 0 saturated carbocycles. The largest absolute Gasteiger partial charge is 0.494 e. The molecule has 1 amide bonds. The van der Waals surface area contributed by atoms with Gasteiger partial charge in [-0.15, -0.1) is 0 Å². The van der Waals surface area contributed by atoms with Crippen molar-refractivity contribution in [3.05, 3.63) is 42.2 Å². The Labute approximate surface area is 154 Å². The van der Waals surface area contributed by atoms with Gasteiger partial charge < -0.3 is 19.9 Å². The zero-order valence-corrected chi connectivity index (χ0v) is 15.3. The molecular formula is C19H25N5O2. The number of benzene rings is 1. The van der Waals surface area contributed by atoms with Crippen molar-refractivity contribution in [1.82, 2.24) is 14.9 Å². The normalized spacial score (nSPS) is 14.9. The first kappa shape index (κ1) is 18.1. The lowest BCUT2D eigenvalue weighted by atomic mass is 10.3. The van der Waals surface area contributed by atoms with Crippen molar-refractivity contribution in [2.24, 2.45) is 0 Å². The Kier molecular flexibility index (Phi) is 6.01. The van der Waals surface area contributed by atoms with Crippen LogP contribution in [-0.2, 0) is 0 Å². The fraction of sp³-hybridized carbons (Fsp3) is 0.421. The monoisotopic (exact) mass is 355 g/mol. The van der Waals surface area contributed by atoms with Crippen molar-refractivity contribution in [3.8, 4) is 5.75 Å². The van der Waals surface area contributed by atoms with Crippen LogP contribution in [-0.4, -0.2) is 60.1 Å². The van der Waals surface area contributed by atoms with Crippen LogP contribution in [0.1, 0.15) is 24.3 Å². The summed E-state index contributed by atoms with van der Waals surface area (Å²) < 4.78 is 5.41. The molecule has 0 aliphatic carbocycles. The van der Waals surface area contributed by atoms with Gasteiger partial charge in [0.2, 0.25) is 5.95 Å². The van der Waals surface area contributed by atoms with E-state index >= 15 is 0 Å². The molecule has 7 heteroatoms. The summed E-state index contributed by atoms with van der Waals surface area (Å²) in [6.07, 6.45) is 1.64. The molecular weight excluding hydrogens is 330 g/mol. The van der Waals surface area contributed by atoms with Crippen molar-refractivity contribution >= 4 is 17.5 Å². The number of nitrogens with one attached hydrogen (secondary N) is 1. The molecule has 2 heterocycles. The number of hydrogen-bond acceptors (Lipinski definition) is 6. The highest BCUT2D eigenvalue weighted by Gasteiger charge is 2.19. The summed E-state index contributed by atoms with van der Waals surface area (Å²) in [6, 6.07) is 8.93. The Morgan fingerprint density at radius 3 is 2.50 bits per heavy atom. The summed E-state index contributed by atoms with van der Waals surface area (Å²) in [5, 5.41) is 2.86. The SMILES string of the molecule is CCOc1ccc(NC(=O)c2ccnc(N3CCN(CC)CC3)n2)cc1. The molecule has 26 heavy (non-hydrogen) atoms. The second kappa shape index (κ2) is 8.62. The van der Waals surface area contributed by atoms with Gasteiger partial charge in [-0.25, -0.2) is 9.97 Å². The topological polar surface area (TPSA) is 70.6 Å². The van der Waals surface area contributed by atoms with Gasteiger partial charge in [-0.1, -0.05) is 6.92 Å². The highest BCUT2D eigenvalue weighted by Crippen LogP contribution is 2.17. The van der Waals surface area contributed by atoms with E-state index < -0.39 is 0 Å². The molecule has 0 spiro atoms. The van der Waals surface area contributed by atoms with Gasteiger partial charge in [0.25, 0.3) is 5.91 Å². The molecule has 0 radical (unpaired) electrons. The molecule has 138 valence electrons. The van der Waals surface area contributed by atoms with E-state index in [4.69, 9.17) is 4.74 Å². The van der Waals surface area contributed by atoms with Gasteiger partial charge in [0.15, 0.2) is 0 Å². The minimum Gasteiger partial charge on any atom is -0.494 e. The number of aromatic nitrogens is 2. The molecule has 0 atom stereocenters. The minimum atomic E-state index is -0.245. The summed E-state index contributed by atoms with van der Waals surface area (Å²) in [6.45, 7) is 9.49. The fourth-order valence-corrected chi connectivity index (χ4v) is 2.89. The lowest BCUT2D eigenvalue weighted by molar-refractivity contribution is 0.102.